The van der Waals surface area contributed by atoms with Crippen molar-refractivity contribution in [3.8, 4) is 0 Å². The molecule has 0 aromatic rings. The Balaban J connectivity index is 0. The van der Waals surface area contributed by atoms with Gasteiger partial charge >= 0.3 is 0 Å². The fourth-order valence-corrected chi connectivity index (χ4v) is 2.45. The van der Waals surface area contributed by atoms with Gasteiger partial charge in [-0.2, -0.15) is 0 Å². The van der Waals surface area contributed by atoms with E-state index in [-0.39, 0.29) is 36.6 Å². The van der Waals surface area contributed by atoms with Crippen molar-refractivity contribution in [2.75, 3.05) is 39.8 Å². The molecule has 1 rings (SSSR count). The van der Waals surface area contributed by atoms with E-state index in [2.05, 4.69) is 15.5 Å². The molecule has 0 spiro atoms. The summed E-state index contributed by atoms with van der Waals surface area (Å²) >= 11 is 0. The smallest absolute Gasteiger partial charge is 0.224 e. The van der Waals surface area contributed by atoms with E-state index < -0.39 is 0 Å². The van der Waals surface area contributed by atoms with Crippen molar-refractivity contribution in [1.29, 1.82) is 0 Å². The zero-order valence-electron chi connectivity index (χ0n) is 12.8. The number of nitrogens with zero attached hydrogens (tertiary/aromatic N) is 1. The van der Waals surface area contributed by atoms with Gasteiger partial charge in [-0.1, -0.05) is 19.8 Å². The summed E-state index contributed by atoms with van der Waals surface area (Å²) in [6.45, 7) is 7.12. The molecule has 4 nitrogen and oxygen atoms in total. The molecule has 1 amide bonds. The van der Waals surface area contributed by atoms with Crippen LogP contribution in [0.2, 0.25) is 0 Å². The van der Waals surface area contributed by atoms with E-state index in [1.54, 1.807) is 0 Å². The first-order valence-corrected chi connectivity index (χ1v) is 7.38. The van der Waals surface area contributed by atoms with Crippen LogP contribution in [0.1, 0.15) is 39.0 Å². The maximum absolute atomic E-state index is 11.7. The van der Waals surface area contributed by atoms with Crippen LogP contribution < -0.4 is 10.6 Å². The first kappa shape index (κ1) is 22.3. The van der Waals surface area contributed by atoms with Crippen LogP contribution in [0.3, 0.4) is 0 Å². The van der Waals surface area contributed by atoms with Crippen LogP contribution >= 0.6 is 24.8 Å². The van der Waals surface area contributed by atoms with E-state index in [1.807, 2.05) is 14.0 Å². The second-order valence-electron chi connectivity index (χ2n) is 5.36. The molecule has 1 fully saturated rings. The minimum Gasteiger partial charge on any atom is -0.356 e. The molecule has 0 aliphatic carbocycles. The molecule has 6 heteroatoms. The lowest BCUT2D eigenvalue weighted by Gasteiger charge is -2.19. The van der Waals surface area contributed by atoms with Gasteiger partial charge in [0.15, 0.2) is 0 Å². The SMILES string of the molecule is CNCC(C)C(=O)NCCCN1CCCCCC1.Cl.Cl. The van der Waals surface area contributed by atoms with Gasteiger partial charge in [0, 0.05) is 19.0 Å². The fourth-order valence-electron chi connectivity index (χ4n) is 2.45. The molecule has 1 aliphatic rings. The van der Waals surface area contributed by atoms with Crippen molar-refractivity contribution in [3.05, 3.63) is 0 Å². The predicted octanol–water partition coefficient (Wildman–Crippen LogP) is 2.07. The van der Waals surface area contributed by atoms with Gasteiger partial charge in [-0.3, -0.25) is 4.79 Å². The molecule has 0 saturated carbocycles. The second-order valence-corrected chi connectivity index (χ2v) is 5.36. The summed E-state index contributed by atoms with van der Waals surface area (Å²) in [7, 11) is 1.88. The van der Waals surface area contributed by atoms with Gasteiger partial charge < -0.3 is 15.5 Å². The van der Waals surface area contributed by atoms with Crippen molar-refractivity contribution in [1.82, 2.24) is 15.5 Å². The van der Waals surface area contributed by atoms with E-state index in [0.29, 0.717) is 0 Å². The Morgan fingerprint density at radius 3 is 2.30 bits per heavy atom. The van der Waals surface area contributed by atoms with E-state index in [9.17, 15) is 4.79 Å². The molecule has 1 unspecified atom stereocenters. The summed E-state index contributed by atoms with van der Waals surface area (Å²) in [6, 6.07) is 0. The van der Waals surface area contributed by atoms with Gasteiger partial charge in [0.2, 0.25) is 5.91 Å². The highest BCUT2D eigenvalue weighted by molar-refractivity contribution is 5.85. The third-order valence-electron chi connectivity index (χ3n) is 3.61. The third-order valence-corrected chi connectivity index (χ3v) is 3.61. The van der Waals surface area contributed by atoms with Gasteiger partial charge in [0.25, 0.3) is 0 Å². The summed E-state index contributed by atoms with van der Waals surface area (Å²) in [5.41, 5.74) is 0. The Bertz CT molecular complexity index is 234. The molecule has 1 heterocycles. The number of carbonyl (C=O) groups excluding carboxylic acids is 1. The minimum absolute atomic E-state index is 0. The molecule has 122 valence electrons. The Hall–Kier alpha value is -0.0300. The van der Waals surface area contributed by atoms with Crippen molar-refractivity contribution >= 4 is 30.7 Å². The number of rotatable bonds is 7. The summed E-state index contributed by atoms with van der Waals surface area (Å²) in [5, 5.41) is 6.05. The van der Waals surface area contributed by atoms with E-state index in [0.717, 1.165) is 26.1 Å². The number of hydrogen-bond acceptors (Lipinski definition) is 3. The van der Waals surface area contributed by atoms with E-state index >= 15 is 0 Å². The lowest BCUT2D eigenvalue weighted by molar-refractivity contribution is -0.124. The molecule has 1 aliphatic heterocycles. The van der Waals surface area contributed by atoms with Gasteiger partial charge in [-0.25, -0.2) is 0 Å². The first-order valence-electron chi connectivity index (χ1n) is 7.38. The van der Waals surface area contributed by atoms with Crippen LogP contribution in [0.5, 0.6) is 0 Å². The van der Waals surface area contributed by atoms with Crippen LogP contribution in [0.4, 0.5) is 0 Å². The summed E-state index contributed by atoms with van der Waals surface area (Å²) in [6.07, 6.45) is 6.51. The highest BCUT2D eigenvalue weighted by Gasteiger charge is 2.11. The molecular weight excluding hydrogens is 297 g/mol. The van der Waals surface area contributed by atoms with Crippen LogP contribution in [-0.2, 0) is 4.79 Å². The number of likely N-dealkylation sites (tertiary alicyclic amines) is 1. The van der Waals surface area contributed by atoms with Crippen LogP contribution in [0.15, 0.2) is 0 Å². The highest BCUT2D eigenvalue weighted by Crippen LogP contribution is 2.09. The van der Waals surface area contributed by atoms with Gasteiger partial charge in [-0.15, -0.1) is 24.8 Å². The van der Waals surface area contributed by atoms with Crippen molar-refractivity contribution < 1.29 is 4.79 Å². The molecular formula is C14H31Cl2N3O. The fraction of sp³-hybridized carbons (Fsp3) is 0.929. The molecule has 0 aromatic heterocycles. The van der Waals surface area contributed by atoms with Gasteiger partial charge in [0.1, 0.15) is 0 Å². The topological polar surface area (TPSA) is 44.4 Å². The van der Waals surface area contributed by atoms with E-state index in [4.69, 9.17) is 0 Å². The van der Waals surface area contributed by atoms with Crippen LogP contribution in [-0.4, -0.2) is 50.6 Å². The number of halogens is 2. The lowest BCUT2D eigenvalue weighted by Crippen LogP contribution is -2.36. The standard InChI is InChI=1S/C14H29N3O.2ClH/c1-13(12-15-2)14(18)16-8-7-11-17-9-5-3-4-6-10-17;;/h13,15H,3-12H2,1-2H3,(H,16,18);2*1H. The largest absolute Gasteiger partial charge is 0.356 e. The Labute approximate surface area is 136 Å². The van der Waals surface area contributed by atoms with Crippen LogP contribution in [0, 0.1) is 5.92 Å². The van der Waals surface area contributed by atoms with E-state index in [1.165, 1.54) is 38.8 Å². The number of hydrogen-bond donors (Lipinski definition) is 2. The number of nitrogens with one attached hydrogen (secondary N) is 2. The normalized spacial score (nSPS) is 17.3. The van der Waals surface area contributed by atoms with Gasteiger partial charge in [-0.05, 0) is 45.9 Å². The maximum Gasteiger partial charge on any atom is 0.224 e. The lowest BCUT2D eigenvalue weighted by atomic mass is 10.1. The van der Waals surface area contributed by atoms with Crippen LogP contribution in [0.25, 0.3) is 0 Å². The van der Waals surface area contributed by atoms with Crippen molar-refractivity contribution in [2.24, 2.45) is 5.92 Å². The molecule has 2 N–H and O–H groups in total. The number of carbonyl (C=O) groups is 1. The third kappa shape index (κ3) is 9.81. The zero-order chi connectivity index (χ0) is 13.2. The molecule has 1 saturated heterocycles. The molecule has 20 heavy (non-hydrogen) atoms. The Morgan fingerprint density at radius 2 is 1.75 bits per heavy atom. The summed E-state index contributed by atoms with van der Waals surface area (Å²) in [4.78, 5) is 14.2. The second kappa shape index (κ2) is 13.9. The molecule has 0 radical (unpaired) electrons. The molecule has 0 aromatic carbocycles. The minimum atomic E-state index is 0. The summed E-state index contributed by atoms with van der Waals surface area (Å²) < 4.78 is 0. The van der Waals surface area contributed by atoms with Crippen molar-refractivity contribution in [2.45, 2.75) is 39.0 Å². The Kier molecular flexibility index (Phi) is 15.5. The number of amides is 1. The maximum atomic E-state index is 11.7. The Morgan fingerprint density at radius 1 is 1.15 bits per heavy atom. The highest BCUT2D eigenvalue weighted by atomic mass is 35.5. The quantitative estimate of drug-likeness (QED) is 0.703. The predicted molar refractivity (Wildman–Crippen MR) is 90.1 cm³/mol. The average Bonchev–Trinajstić information content (AvgIpc) is 2.63. The molecule has 1 atom stereocenters. The van der Waals surface area contributed by atoms with Crippen molar-refractivity contribution in [3.63, 3.8) is 0 Å². The monoisotopic (exact) mass is 327 g/mol. The summed E-state index contributed by atoms with van der Waals surface area (Å²) in [5.74, 6) is 0.230. The van der Waals surface area contributed by atoms with Gasteiger partial charge in [0.05, 0.1) is 0 Å². The average molecular weight is 328 g/mol. The zero-order valence-corrected chi connectivity index (χ0v) is 14.5. The molecule has 0 bridgehead atoms. The first-order chi connectivity index (χ1) is 8.74.